The Balaban J connectivity index is 1.69. The molecule has 29 heavy (non-hydrogen) atoms. The number of fused-ring (bicyclic) bond motifs is 2. The van der Waals surface area contributed by atoms with Gasteiger partial charge in [-0.05, 0) is 24.5 Å². The van der Waals surface area contributed by atoms with Crippen molar-refractivity contribution in [2.45, 2.75) is 43.7 Å². The number of hydrogen-bond donors (Lipinski definition) is 0. The number of halogens is 1. The van der Waals surface area contributed by atoms with E-state index < -0.39 is 15.8 Å². The molecule has 1 saturated heterocycles. The van der Waals surface area contributed by atoms with E-state index in [-0.39, 0.29) is 23.0 Å². The lowest BCUT2D eigenvalue weighted by Gasteiger charge is -2.32. The minimum atomic E-state index is -3.68. The number of rotatable bonds is 3. The van der Waals surface area contributed by atoms with Crippen molar-refractivity contribution in [3.63, 3.8) is 0 Å². The van der Waals surface area contributed by atoms with Gasteiger partial charge in [-0.3, -0.25) is 0 Å². The van der Waals surface area contributed by atoms with E-state index >= 15 is 0 Å². The van der Waals surface area contributed by atoms with Crippen LogP contribution in [0.5, 0.6) is 5.75 Å². The number of aromatic nitrogens is 2. The van der Waals surface area contributed by atoms with Crippen LogP contribution in [0, 0.1) is 11.7 Å². The van der Waals surface area contributed by atoms with Crippen LogP contribution in [-0.4, -0.2) is 54.5 Å². The third kappa shape index (κ3) is 3.93. The predicted octanol–water partition coefficient (Wildman–Crippen LogP) is 2.69. The molecule has 2 aliphatic heterocycles. The molecule has 2 aromatic rings. The topological polar surface area (TPSA) is 75.6 Å². The number of sulfonamides is 1. The number of nitrogens with zero attached hydrogens (tertiary/aromatic N) is 4. The van der Waals surface area contributed by atoms with E-state index in [0.29, 0.717) is 44.2 Å². The molecule has 1 fully saturated rings. The minimum Gasteiger partial charge on any atom is -0.487 e. The summed E-state index contributed by atoms with van der Waals surface area (Å²) in [6.07, 6.45) is 3.20. The van der Waals surface area contributed by atoms with Crippen LogP contribution in [-0.2, 0) is 10.0 Å². The van der Waals surface area contributed by atoms with Gasteiger partial charge >= 0.3 is 0 Å². The Morgan fingerprint density at radius 1 is 1.17 bits per heavy atom. The summed E-state index contributed by atoms with van der Waals surface area (Å²) in [5, 5.41) is 0. The molecular formula is C20H25FN4O3S. The highest BCUT2D eigenvalue weighted by Crippen LogP contribution is 2.37. The van der Waals surface area contributed by atoms with Crippen molar-refractivity contribution in [3.8, 4) is 5.75 Å². The van der Waals surface area contributed by atoms with Gasteiger partial charge in [0.2, 0.25) is 16.0 Å². The van der Waals surface area contributed by atoms with Gasteiger partial charge in [0.05, 0.1) is 18.4 Å². The molecule has 1 aromatic carbocycles. The monoisotopic (exact) mass is 420 g/mol. The minimum absolute atomic E-state index is 0.176. The van der Waals surface area contributed by atoms with Crippen molar-refractivity contribution < 1.29 is 17.5 Å². The summed E-state index contributed by atoms with van der Waals surface area (Å²) in [5.74, 6) is 0.542. The molecule has 9 heteroatoms. The average Bonchev–Trinajstić information content (AvgIpc) is 2.93. The Labute approximate surface area is 170 Å². The third-order valence-corrected chi connectivity index (χ3v) is 7.26. The number of hydrogen-bond acceptors (Lipinski definition) is 6. The van der Waals surface area contributed by atoms with E-state index in [0.717, 1.165) is 12.4 Å². The van der Waals surface area contributed by atoms with Crippen LogP contribution in [0.25, 0.3) is 0 Å². The molecule has 0 aliphatic carbocycles. The number of para-hydroxylation sites is 1. The SMILES string of the molecule is CC(C)CN1[C@@H]2CCN(c3ncc(F)cn3)CC[C@@H]2Oc2ccccc2S1(=O)=O. The molecular weight excluding hydrogens is 395 g/mol. The normalized spacial score (nSPS) is 24.2. The standard InChI is InChI=1S/C20H25FN4O3S/c1-14(2)13-25-16-7-9-24(20-22-11-15(21)12-23-20)10-8-17(16)28-18-5-3-4-6-19(18)29(25,26)27/h3-6,11-12,14,16-17H,7-10,13H2,1-2H3/t16-,17+/m1/s1. The first-order valence-corrected chi connectivity index (χ1v) is 11.3. The van der Waals surface area contributed by atoms with Crippen molar-refractivity contribution in [1.82, 2.24) is 14.3 Å². The summed E-state index contributed by atoms with van der Waals surface area (Å²) in [7, 11) is -3.68. The summed E-state index contributed by atoms with van der Waals surface area (Å²) < 4.78 is 48.0. The zero-order valence-corrected chi connectivity index (χ0v) is 17.3. The maximum Gasteiger partial charge on any atom is 0.247 e. The lowest BCUT2D eigenvalue weighted by Crippen LogP contribution is -2.48. The number of anilines is 1. The Morgan fingerprint density at radius 3 is 2.59 bits per heavy atom. The number of ether oxygens (including phenoxy) is 1. The van der Waals surface area contributed by atoms with Gasteiger partial charge in [0.15, 0.2) is 5.82 Å². The first kappa shape index (κ1) is 20.0. The first-order chi connectivity index (χ1) is 13.9. The van der Waals surface area contributed by atoms with Gasteiger partial charge in [-0.15, -0.1) is 0 Å². The second-order valence-electron chi connectivity index (χ2n) is 7.90. The van der Waals surface area contributed by atoms with Gasteiger partial charge in [-0.25, -0.2) is 22.8 Å². The molecule has 0 spiro atoms. The summed E-state index contributed by atoms with van der Waals surface area (Å²) in [6.45, 7) is 5.62. The van der Waals surface area contributed by atoms with Gasteiger partial charge in [0.1, 0.15) is 16.7 Å². The lowest BCUT2D eigenvalue weighted by atomic mass is 10.0. The van der Waals surface area contributed by atoms with Crippen LogP contribution in [0.1, 0.15) is 26.7 Å². The van der Waals surface area contributed by atoms with E-state index in [1.54, 1.807) is 28.6 Å². The zero-order valence-electron chi connectivity index (χ0n) is 16.5. The molecule has 0 bridgehead atoms. The quantitative estimate of drug-likeness (QED) is 0.760. The molecule has 0 saturated carbocycles. The maximum absolute atomic E-state index is 13.5. The molecule has 0 amide bonds. The third-order valence-electron chi connectivity index (χ3n) is 5.33. The Morgan fingerprint density at radius 2 is 1.86 bits per heavy atom. The largest absolute Gasteiger partial charge is 0.487 e. The smallest absolute Gasteiger partial charge is 0.247 e. The highest BCUT2D eigenvalue weighted by molar-refractivity contribution is 7.89. The van der Waals surface area contributed by atoms with Crippen molar-refractivity contribution in [1.29, 1.82) is 0 Å². The Bertz CT molecular complexity index is 968. The van der Waals surface area contributed by atoms with E-state index in [1.807, 2.05) is 18.7 Å². The summed E-state index contributed by atoms with van der Waals surface area (Å²) in [5.41, 5.74) is 0. The molecule has 0 unspecified atom stereocenters. The molecule has 156 valence electrons. The second-order valence-corrected chi connectivity index (χ2v) is 9.76. The van der Waals surface area contributed by atoms with Crippen LogP contribution in [0.4, 0.5) is 10.3 Å². The summed E-state index contributed by atoms with van der Waals surface area (Å²) >= 11 is 0. The van der Waals surface area contributed by atoms with E-state index in [2.05, 4.69) is 9.97 Å². The summed E-state index contributed by atoms with van der Waals surface area (Å²) in [6, 6.07) is 6.55. The molecule has 4 rings (SSSR count). The lowest BCUT2D eigenvalue weighted by molar-refractivity contribution is 0.109. The van der Waals surface area contributed by atoms with Crippen LogP contribution in [0.15, 0.2) is 41.6 Å². The van der Waals surface area contributed by atoms with E-state index in [1.165, 1.54) is 0 Å². The zero-order chi connectivity index (χ0) is 20.6. The molecule has 0 radical (unpaired) electrons. The van der Waals surface area contributed by atoms with Crippen LogP contribution in [0.2, 0.25) is 0 Å². The molecule has 0 N–H and O–H groups in total. The van der Waals surface area contributed by atoms with Crippen molar-refractivity contribution in [2.24, 2.45) is 5.92 Å². The van der Waals surface area contributed by atoms with E-state index in [4.69, 9.17) is 4.74 Å². The van der Waals surface area contributed by atoms with Crippen molar-refractivity contribution in [2.75, 3.05) is 24.5 Å². The first-order valence-electron chi connectivity index (χ1n) is 9.86. The predicted molar refractivity (Wildman–Crippen MR) is 107 cm³/mol. The second kappa shape index (κ2) is 7.87. The van der Waals surface area contributed by atoms with Gasteiger partial charge in [0.25, 0.3) is 0 Å². The fourth-order valence-electron chi connectivity index (χ4n) is 4.02. The van der Waals surface area contributed by atoms with Crippen molar-refractivity contribution in [3.05, 3.63) is 42.5 Å². The number of benzene rings is 1. The van der Waals surface area contributed by atoms with Gasteiger partial charge in [-0.2, -0.15) is 4.31 Å². The average molecular weight is 421 g/mol. The Hall–Kier alpha value is -2.26. The molecule has 7 nitrogen and oxygen atoms in total. The fourth-order valence-corrected chi connectivity index (χ4v) is 5.98. The highest BCUT2D eigenvalue weighted by Gasteiger charge is 2.43. The summed E-state index contributed by atoms with van der Waals surface area (Å²) in [4.78, 5) is 10.3. The fraction of sp³-hybridized carbons (Fsp3) is 0.500. The van der Waals surface area contributed by atoms with Crippen LogP contribution in [0.3, 0.4) is 0 Å². The maximum atomic E-state index is 13.5. The molecule has 2 aliphatic rings. The highest BCUT2D eigenvalue weighted by atomic mass is 32.2. The van der Waals surface area contributed by atoms with Gasteiger partial charge in [-0.1, -0.05) is 26.0 Å². The van der Waals surface area contributed by atoms with Crippen LogP contribution < -0.4 is 9.64 Å². The van der Waals surface area contributed by atoms with Gasteiger partial charge < -0.3 is 9.64 Å². The van der Waals surface area contributed by atoms with E-state index in [9.17, 15) is 12.8 Å². The van der Waals surface area contributed by atoms with Crippen LogP contribution >= 0.6 is 0 Å². The molecule has 2 atom stereocenters. The van der Waals surface area contributed by atoms with Gasteiger partial charge in [0, 0.05) is 26.1 Å². The molecule has 3 heterocycles. The molecule has 1 aromatic heterocycles. The Kier molecular flexibility index (Phi) is 5.44. The van der Waals surface area contributed by atoms with Crippen molar-refractivity contribution >= 4 is 16.0 Å².